The molecule has 0 atom stereocenters. The molecule has 1 N–H and O–H groups in total. The Bertz CT molecular complexity index is 1150. The number of ketones is 1. The van der Waals surface area contributed by atoms with Crippen LogP contribution in [-0.4, -0.2) is 78.3 Å². The number of ether oxygens (including phenoxy) is 4. The Kier molecular flexibility index (Phi) is 9.58. The second-order valence-electron chi connectivity index (χ2n) is 10.3. The van der Waals surface area contributed by atoms with Crippen molar-refractivity contribution in [2.75, 3.05) is 56.1 Å². The van der Waals surface area contributed by atoms with Gasteiger partial charge in [-0.15, -0.1) is 0 Å². The summed E-state index contributed by atoms with van der Waals surface area (Å²) in [6, 6.07) is 10.8. The van der Waals surface area contributed by atoms with Crippen molar-refractivity contribution in [1.29, 1.82) is 0 Å². The molecule has 1 aliphatic carbocycles. The number of carbonyl (C=O) groups is 2. The molecule has 3 rings (SSSR count). The summed E-state index contributed by atoms with van der Waals surface area (Å²) in [7, 11) is 12.5. The fraction of sp³-hybridized carbons (Fsp3) is 0.400. The molecule has 0 radical (unpaired) electrons. The summed E-state index contributed by atoms with van der Waals surface area (Å²) in [6.45, 7) is 0.722. The smallest absolute Gasteiger partial charge is 0.225 e. The summed E-state index contributed by atoms with van der Waals surface area (Å²) in [4.78, 5) is 26.4. The highest BCUT2D eigenvalue weighted by molar-refractivity contribution is 6.14. The maximum Gasteiger partial charge on any atom is 0.225 e. The fourth-order valence-electron chi connectivity index (χ4n) is 4.37. The van der Waals surface area contributed by atoms with E-state index in [0.29, 0.717) is 57.9 Å². The van der Waals surface area contributed by atoms with Crippen LogP contribution in [-0.2, 0) is 9.59 Å². The van der Waals surface area contributed by atoms with Gasteiger partial charge in [-0.1, -0.05) is 12.1 Å². The Morgan fingerprint density at radius 1 is 0.816 bits per heavy atom. The number of hydrogen-bond acceptors (Lipinski definition) is 6. The SMILES string of the molecule is COc1ccc(/C=C2\CC(NC(=O)CC[N+](C)(C)C)C/C(=C\c3ccc(OC)c(OC)c3)C2=O)cc1OC. The first-order valence-electron chi connectivity index (χ1n) is 12.6. The third kappa shape index (κ3) is 7.61. The van der Waals surface area contributed by atoms with Gasteiger partial charge in [-0.2, -0.15) is 0 Å². The van der Waals surface area contributed by atoms with E-state index in [9.17, 15) is 9.59 Å². The van der Waals surface area contributed by atoms with E-state index in [1.807, 2.05) is 48.6 Å². The molecule has 2 aromatic carbocycles. The molecule has 0 spiro atoms. The first-order valence-corrected chi connectivity index (χ1v) is 12.6. The van der Waals surface area contributed by atoms with Crippen molar-refractivity contribution in [2.24, 2.45) is 0 Å². The van der Waals surface area contributed by atoms with Gasteiger partial charge in [-0.3, -0.25) is 9.59 Å². The molecule has 0 heterocycles. The molecule has 0 unspecified atom stereocenters. The lowest BCUT2D eigenvalue weighted by Crippen LogP contribution is -2.42. The summed E-state index contributed by atoms with van der Waals surface area (Å²) < 4.78 is 22.2. The molecule has 1 aliphatic rings. The van der Waals surface area contributed by atoms with Gasteiger partial charge in [0.25, 0.3) is 0 Å². The number of Topliss-reactive ketones (excluding diaryl/α,β-unsaturated/α-hetero) is 1. The molecule has 0 aromatic heterocycles. The molecule has 1 saturated carbocycles. The third-order valence-corrected chi connectivity index (χ3v) is 6.39. The molecular formula is C30H39N2O6+. The van der Waals surface area contributed by atoms with Crippen LogP contribution in [0.1, 0.15) is 30.4 Å². The second kappa shape index (κ2) is 12.6. The zero-order valence-corrected chi connectivity index (χ0v) is 23.4. The van der Waals surface area contributed by atoms with E-state index in [2.05, 4.69) is 26.5 Å². The predicted octanol–water partition coefficient (Wildman–Crippen LogP) is 4.13. The summed E-state index contributed by atoms with van der Waals surface area (Å²) >= 11 is 0. The number of carbonyl (C=O) groups excluding carboxylic acids is 2. The molecule has 1 amide bonds. The first-order chi connectivity index (χ1) is 18.1. The van der Waals surface area contributed by atoms with Crippen LogP contribution in [0.15, 0.2) is 47.5 Å². The molecule has 0 aliphatic heterocycles. The van der Waals surface area contributed by atoms with Gasteiger partial charge in [0.2, 0.25) is 5.91 Å². The zero-order valence-electron chi connectivity index (χ0n) is 23.4. The normalized spacial score (nSPS) is 17.9. The minimum atomic E-state index is -0.203. The lowest BCUT2D eigenvalue weighted by molar-refractivity contribution is -0.869. The quantitative estimate of drug-likeness (QED) is 0.373. The number of nitrogens with one attached hydrogen (secondary N) is 1. The summed E-state index contributed by atoms with van der Waals surface area (Å²) in [5.41, 5.74) is 2.86. The average molecular weight is 524 g/mol. The van der Waals surface area contributed by atoms with E-state index in [1.54, 1.807) is 28.4 Å². The van der Waals surface area contributed by atoms with Crippen LogP contribution in [0.5, 0.6) is 23.0 Å². The monoisotopic (exact) mass is 523 g/mol. The maximum absolute atomic E-state index is 13.6. The van der Waals surface area contributed by atoms with Gasteiger partial charge in [0.05, 0.1) is 62.5 Å². The number of amides is 1. The van der Waals surface area contributed by atoms with Gasteiger partial charge in [0.15, 0.2) is 28.8 Å². The minimum Gasteiger partial charge on any atom is -0.493 e. The number of nitrogens with zero attached hydrogens (tertiary/aromatic N) is 1. The lowest BCUT2D eigenvalue weighted by atomic mass is 9.83. The number of benzene rings is 2. The largest absolute Gasteiger partial charge is 0.493 e. The molecular weight excluding hydrogens is 484 g/mol. The Morgan fingerprint density at radius 3 is 1.66 bits per heavy atom. The standard InChI is InChI=1S/C30H38N2O6/c1-32(2,3)13-12-29(33)31-24-18-22(14-20-8-10-25(35-4)27(16-20)37-6)30(34)23(19-24)15-21-9-11-26(36-5)28(17-21)38-7/h8-11,14-17,24H,12-13,18-19H2,1-7H3/p+1/b22-14+,23-15+. The van der Waals surface area contributed by atoms with Crippen LogP contribution >= 0.6 is 0 Å². The van der Waals surface area contributed by atoms with Gasteiger partial charge in [-0.25, -0.2) is 0 Å². The lowest BCUT2D eigenvalue weighted by Gasteiger charge is -2.28. The number of hydrogen-bond donors (Lipinski definition) is 1. The van der Waals surface area contributed by atoms with E-state index in [4.69, 9.17) is 18.9 Å². The Balaban J connectivity index is 1.96. The zero-order chi connectivity index (χ0) is 27.9. The summed E-state index contributed by atoms with van der Waals surface area (Å²) in [5.74, 6) is 2.31. The summed E-state index contributed by atoms with van der Waals surface area (Å²) in [5, 5.41) is 3.15. The third-order valence-electron chi connectivity index (χ3n) is 6.39. The highest BCUT2D eigenvalue weighted by atomic mass is 16.5. The molecule has 204 valence electrons. The van der Waals surface area contributed by atoms with Crippen LogP contribution in [0.4, 0.5) is 0 Å². The van der Waals surface area contributed by atoms with E-state index >= 15 is 0 Å². The fourth-order valence-corrected chi connectivity index (χ4v) is 4.37. The maximum atomic E-state index is 13.6. The van der Waals surface area contributed by atoms with Crippen molar-refractivity contribution in [3.05, 3.63) is 58.7 Å². The molecule has 8 nitrogen and oxygen atoms in total. The van der Waals surface area contributed by atoms with Gasteiger partial charge < -0.3 is 28.7 Å². The van der Waals surface area contributed by atoms with Crippen molar-refractivity contribution < 1.29 is 33.0 Å². The first kappa shape index (κ1) is 28.8. The van der Waals surface area contributed by atoms with Gasteiger partial charge >= 0.3 is 0 Å². The highest BCUT2D eigenvalue weighted by Gasteiger charge is 2.29. The minimum absolute atomic E-state index is 0.0201. The number of methoxy groups -OCH3 is 4. The van der Waals surface area contributed by atoms with Crippen LogP contribution in [0.3, 0.4) is 0 Å². The van der Waals surface area contributed by atoms with Crippen LogP contribution in [0.2, 0.25) is 0 Å². The van der Waals surface area contributed by atoms with Gasteiger partial charge in [0.1, 0.15) is 0 Å². The van der Waals surface area contributed by atoms with Crippen molar-refractivity contribution in [2.45, 2.75) is 25.3 Å². The van der Waals surface area contributed by atoms with Crippen molar-refractivity contribution in [1.82, 2.24) is 5.32 Å². The van der Waals surface area contributed by atoms with Crippen LogP contribution in [0, 0.1) is 0 Å². The number of quaternary nitrogens is 1. The van der Waals surface area contributed by atoms with E-state index in [1.165, 1.54) is 0 Å². The van der Waals surface area contributed by atoms with Gasteiger partial charge in [0, 0.05) is 17.2 Å². The van der Waals surface area contributed by atoms with E-state index < -0.39 is 0 Å². The van der Waals surface area contributed by atoms with Crippen LogP contribution in [0.25, 0.3) is 12.2 Å². The van der Waals surface area contributed by atoms with Crippen molar-refractivity contribution in [3.63, 3.8) is 0 Å². The Labute approximate surface area is 225 Å². The van der Waals surface area contributed by atoms with E-state index in [0.717, 1.165) is 17.7 Å². The molecule has 0 saturated heterocycles. The summed E-state index contributed by atoms with van der Waals surface area (Å²) in [6.07, 6.45) is 5.00. The molecule has 1 fully saturated rings. The van der Waals surface area contributed by atoms with Crippen LogP contribution < -0.4 is 24.3 Å². The molecule has 38 heavy (non-hydrogen) atoms. The Morgan fingerprint density at radius 2 is 1.26 bits per heavy atom. The Hall–Kier alpha value is -3.78. The molecule has 0 bridgehead atoms. The highest BCUT2D eigenvalue weighted by Crippen LogP contribution is 2.33. The van der Waals surface area contributed by atoms with E-state index in [-0.39, 0.29) is 17.7 Å². The topological polar surface area (TPSA) is 83.1 Å². The number of rotatable bonds is 10. The predicted molar refractivity (Wildman–Crippen MR) is 149 cm³/mol. The molecule has 8 heteroatoms. The van der Waals surface area contributed by atoms with Crippen molar-refractivity contribution in [3.8, 4) is 23.0 Å². The average Bonchev–Trinajstić information content (AvgIpc) is 2.89. The second-order valence-corrected chi connectivity index (χ2v) is 10.3. The molecule has 2 aromatic rings. The van der Waals surface area contributed by atoms with Gasteiger partial charge in [-0.05, 0) is 60.4 Å². The van der Waals surface area contributed by atoms with Crippen molar-refractivity contribution >= 4 is 23.8 Å².